The van der Waals surface area contributed by atoms with E-state index in [-0.39, 0.29) is 5.91 Å². The first-order chi connectivity index (χ1) is 11.2. The molecule has 5 heteroatoms. The quantitative estimate of drug-likeness (QED) is 0.858. The Labute approximate surface area is 137 Å². The molecule has 1 amide bonds. The van der Waals surface area contributed by atoms with Crippen molar-refractivity contribution in [3.8, 4) is 6.07 Å². The van der Waals surface area contributed by atoms with Crippen molar-refractivity contribution in [2.75, 3.05) is 32.7 Å². The first-order valence-corrected chi connectivity index (χ1v) is 8.57. The maximum absolute atomic E-state index is 12.6. The third-order valence-corrected chi connectivity index (χ3v) is 5.04. The van der Waals surface area contributed by atoms with Gasteiger partial charge >= 0.3 is 0 Å². The molecule has 2 aliphatic heterocycles. The van der Waals surface area contributed by atoms with Gasteiger partial charge in [-0.1, -0.05) is 0 Å². The van der Waals surface area contributed by atoms with Gasteiger partial charge in [0.1, 0.15) is 11.8 Å². The molecule has 0 saturated carbocycles. The molecule has 0 N–H and O–H groups in total. The average molecular weight is 312 g/mol. The van der Waals surface area contributed by atoms with Crippen LogP contribution in [0.3, 0.4) is 0 Å². The van der Waals surface area contributed by atoms with Crippen LogP contribution in [0, 0.1) is 24.2 Å². The summed E-state index contributed by atoms with van der Waals surface area (Å²) in [5.41, 5.74) is 1.62. The second-order valence-corrected chi connectivity index (χ2v) is 6.68. The number of nitrogens with zero attached hydrogens (tertiary/aromatic N) is 4. The van der Waals surface area contributed by atoms with Crippen molar-refractivity contribution in [3.05, 3.63) is 29.1 Å². The van der Waals surface area contributed by atoms with Gasteiger partial charge in [0.15, 0.2) is 0 Å². The van der Waals surface area contributed by atoms with Crippen LogP contribution in [0.2, 0.25) is 0 Å². The van der Waals surface area contributed by atoms with Crippen molar-refractivity contribution in [1.82, 2.24) is 14.8 Å². The van der Waals surface area contributed by atoms with Crippen molar-refractivity contribution < 1.29 is 4.79 Å². The van der Waals surface area contributed by atoms with Crippen LogP contribution >= 0.6 is 0 Å². The van der Waals surface area contributed by atoms with Gasteiger partial charge in [-0.3, -0.25) is 4.79 Å². The summed E-state index contributed by atoms with van der Waals surface area (Å²) in [4.78, 5) is 21.3. The van der Waals surface area contributed by atoms with Crippen molar-refractivity contribution in [2.45, 2.75) is 32.6 Å². The summed E-state index contributed by atoms with van der Waals surface area (Å²) in [5.74, 6) is 0.713. The lowest BCUT2D eigenvalue weighted by molar-refractivity contribution is 0.0667. The summed E-state index contributed by atoms with van der Waals surface area (Å²) in [6, 6.07) is 5.45. The maximum Gasteiger partial charge on any atom is 0.272 e. The normalized spacial score (nSPS) is 19.7. The van der Waals surface area contributed by atoms with Crippen LogP contribution in [0.4, 0.5) is 0 Å². The summed E-state index contributed by atoms with van der Waals surface area (Å²) >= 11 is 0. The summed E-state index contributed by atoms with van der Waals surface area (Å²) in [7, 11) is 0. The number of likely N-dealkylation sites (tertiary alicyclic amines) is 2. The van der Waals surface area contributed by atoms with Gasteiger partial charge in [-0.25, -0.2) is 4.98 Å². The summed E-state index contributed by atoms with van der Waals surface area (Å²) in [6.07, 6.45) is 4.83. The molecule has 1 aromatic rings. The highest BCUT2D eigenvalue weighted by molar-refractivity contribution is 5.92. The number of aromatic nitrogens is 1. The molecule has 3 heterocycles. The Hall–Kier alpha value is -1.93. The molecule has 0 radical (unpaired) electrons. The van der Waals surface area contributed by atoms with Gasteiger partial charge in [-0.05, 0) is 63.7 Å². The van der Waals surface area contributed by atoms with Gasteiger partial charge in [0.2, 0.25) is 0 Å². The third kappa shape index (κ3) is 3.70. The Balaban J connectivity index is 1.55. The molecule has 0 aliphatic carbocycles. The van der Waals surface area contributed by atoms with E-state index in [4.69, 9.17) is 5.26 Å². The van der Waals surface area contributed by atoms with Crippen LogP contribution in [0.1, 0.15) is 47.4 Å². The molecular weight excluding hydrogens is 288 g/mol. The lowest BCUT2D eigenvalue weighted by Gasteiger charge is -2.33. The van der Waals surface area contributed by atoms with Gasteiger partial charge in [-0.15, -0.1) is 0 Å². The summed E-state index contributed by atoms with van der Waals surface area (Å²) in [5, 5.41) is 8.95. The van der Waals surface area contributed by atoms with E-state index >= 15 is 0 Å². The monoisotopic (exact) mass is 312 g/mol. The largest absolute Gasteiger partial charge is 0.337 e. The Morgan fingerprint density at radius 1 is 1.26 bits per heavy atom. The molecule has 2 fully saturated rings. The highest BCUT2D eigenvalue weighted by atomic mass is 16.2. The number of hydrogen-bond donors (Lipinski definition) is 0. The van der Waals surface area contributed by atoms with Gasteiger partial charge in [0, 0.05) is 19.6 Å². The van der Waals surface area contributed by atoms with Gasteiger partial charge < -0.3 is 9.80 Å². The van der Waals surface area contributed by atoms with Crippen molar-refractivity contribution in [2.24, 2.45) is 5.92 Å². The zero-order valence-electron chi connectivity index (χ0n) is 13.8. The average Bonchev–Trinajstić information content (AvgIpc) is 3.08. The Morgan fingerprint density at radius 2 is 1.96 bits per heavy atom. The molecule has 0 atom stereocenters. The first kappa shape index (κ1) is 15.9. The number of nitriles is 1. The minimum Gasteiger partial charge on any atom is -0.337 e. The van der Waals surface area contributed by atoms with Crippen LogP contribution in [0.5, 0.6) is 0 Å². The van der Waals surface area contributed by atoms with Crippen LogP contribution < -0.4 is 0 Å². The molecular formula is C18H24N4O. The van der Waals surface area contributed by atoms with E-state index in [1.165, 1.54) is 32.5 Å². The predicted molar refractivity (Wildman–Crippen MR) is 88.0 cm³/mol. The van der Waals surface area contributed by atoms with Crippen LogP contribution in [0.15, 0.2) is 12.1 Å². The second-order valence-electron chi connectivity index (χ2n) is 6.68. The number of aryl methyl sites for hydroxylation is 1. The zero-order chi connectivity index (χ0) is 16.2. The van der Waals surface area contributed by atoms with E-state index < -0.39 is 0 Å². The minimum absolute atomic E-state index is 0.00258. The van der Waals surface area contributed by atoms with E-state index in [1.807, 2.05) is 4.90 Å². The van der Waals surface area contributed by atoms with Crippen LogP contribution in [-0.4, -0.2) is 53.4 Å². The molecule has 2 saturated heterocycles. The first-order valence-electron chi connectivity index (χ1n) is 8.57. The number of carbonyl (C=O) groups is 1. The Morgan fingerprint density at radius 3 is 2.57 bits per heavy atom. The predicted octanol–water partition coefficient (Wildman–Crippen LogP) is 2.21. The van der Waals surface area contributed by atoms with E-state index in [0.29, 0.717) is 22.9 Å². The molecule has 122 valence electrons. The molecule has 1 aromatic heterocycles. The molecule has 2 aliphatic rings. The highest BCUT2D eigenvalue weighted by Gasteiger charge is 2.26. The summed E-state index contributed by atoms with van der Waals surface area (Å²) < 4.78 is 0. The minimum atomic E-state index is -0.00258. The molecule has 3 rings (SSSR count). The molecule has 0 spiro atoms. The number of amides is 1. The molecule has 0 unspecified atom stereocenters. The molecule has 0 bridgehead atoms. The zero-order valence-corrected chi connectivity index (χ0v) is 13.8. The number of rotatable bonds is 3. The molecule has 5 nitrogen and oxygen atoms in total. The number of hydrogen-bond acceptors (Lipinski definition) is 4. The maximum atomic E-state index is 12.6. The highest BCUT2D eigenvalue weighted by Crippen LogP contribution is 2.22. The van der Waals surface area contributed by atoms with E-state index in [2.05, 4.69) is 16.0 Å². The fraction of sp³-hybridized carbons (Fsp3) is 0.611. The fourth-order valence-electron chi connectivity index (χ4n) is 3.61. The number of pyridine rings is 1. The Bertz CT molecular complexity index is 608. The molecule has 23 heavy (non-hydrogen) atoms. The van der Waals surface area contributed by atoms with Crippen molar-refractivity contribution in [3.63, 3.8) is 0 Å². The molecule has 0 aromatic carbocycles. The van der Waals surface area contributed by atoms with Crippen LogP contribution in [0.25, 0.3) is 0 Å². The standard InChI is InChI=1S/C18H24N4O/c1-14-16(12-19)4-5-17(20-14)18(23)22-10-6-15(7-11-22)13-21-8-2-3-9-21/h4-5,15H,2-3,6-11,13H2,1H3. The van der Waals surface area contributed by atoms with E-state index in [1.54, 1.807) is 19.1 Å². The fourth-order valence-corrected chi connectivity index (χ4v) is 3.61. The van der Waals surface area contributed by atoms with Crippen LogP contribution in [-0.2, 0) is 0 Å². The smallest absolute Gasteiger partial charge is 0.272 e. The number of piperidine rings is 1. The summed E-state index contributed by atoms with van der Waals surface area (Å²) in [6.45, 7) is 7.09. The van der Waals surface area contributed by atoms with E-state index in [9.17, 15) is 4.79 Å². The lowest BCUT2D eigenvalue weighted by Crippen LogP contribution is -2.41. The van der Waals surface area contributed by atoms with E-state index in [0.717, 1.165) is 25.9 Å². The SMILES string of the molecule is Cc1nc(C(=O)N2CCC(CN3CCCC3)CC2)ccc1C#N. The van der Waals surface area contributed by atoms with Gasteiger partial charge in [-0.2, -0.15) is 5.26 Å². The lowest BCUT2D eigenvalue weighted by atomic mass is 9.96. The third-order valence-electron chi connectivity index (χ3n) is 5.04. The van der Waals surface area contributed by atoms with Crippen molar-refractivity contribution >= 4 is 5.91 Å². The Kier molecular flexibility index (Phi) is 4.92. The van der Waals surface area contributed by atoms with Crippen molar-refractivity contribution in [1.29, 1.82) is 5.26 Å². The number of carbonyl (C=O) groups excluding carboxylic acids is 1. The topological polar surface area (TPSA) is 60.2 Å². The second kappa shape index (κ2) is 7.10. The van der Waals surface area contributed by atoms with Gasteiger partial charge in [0.25, 0.3) is 5.91 Å². The van der Waals surface area contributed by atoms with Gasteiger partial charge in [0.05, 0.1) is 11.3 Å².